The molecule has 2 aromatic carbocycles. The molecule has 1 aromatic heterocycles. The van der Waals surface area contributed by atoms with Crippen LogP contribution in [0.4, 0.5) is 5.69 Å². The Morgan fingerprint density at radius 2 is 1.83 bits per heavy atom. The number of furan rings is 1. The van der Waals surface area contributed by atoms with E-state index >= 15 is 0 Å². The first kappa shape index (κ1) is 21.7. The number of unbranched alkanes of at least 4 members (excludes halogenated alkanes) is 1. The van der Waals surface area contributed by atoms with Crippen molar-refractivity contribution in [2.24, 2.45) is 0 Å². The molecule has 1 N–H and O–H groups in total. The number of fused-ring (bicyclic) bond motifs is 1. The Morgan fingerprint density at radius 1 is 1.07 bits per heavy atom. The van der Waals surface area contributed by atoms with Crippen LogP contribution >= 0.6 is 0 Å². The zero-order valence-corrected chi connectivity index (χ0v) is 18.0. The summed E-state index contributed by atoms with van der Waals surface area (Å²) in [6.07, 6.45) is 2.86. The first-order chi connectivity index (χ1) is 14.6. The lowest BCUT2D eigenvalue weighted by Crippen LogP contribution is -2.12. The van der Waals surface area contributed by atoms with Crippen molar-refractivity contribution in [3.05, 3.63) is 59.4 Å². The van der Waals surface area contributed by atoms with E-state index in [0.717, 1.165) is 59.6 Å². The average molecular weight is 411 g/mol. The third-order valence-electron chi connectivity index (χ3n) is 5.23. The smallest absolute Gasteiger partial charge is 0.337 e. The standard InChI is InChI=1S/C24H29NO5/c1-16-20-15-19(28-3)12-13-22(20)30-23(16)21(7-5-6-14-27-2)25-18-10-8-17(9-11-18)24(26)29-4/h8-13,15,21,25H,5-7,14H2,1-4H3. The van der Waals surface area contributed by atoms with Crippen molar-refractivity contribution in [3.8, 4) is 5.75 Å². The van der Waals surface area contributed by atoms with E-state index in [9.17, 15) is 4.79 Å². The van der Waals surface area contributed by atoms with Gasteiger partial charge in [0, 0.05) is 30.4 Å². The summed E-state index contributed by atoms with van der Waals surface area (Å²) in [5.74, 6) is 1.37. The predicted molar refractivity (Wildman–Crippen MR) is 117 cm³/mol. The second-order valence-corrected chi connectivity index (χ2v) is 7.21. The number of hydrogen-bond acceptors (Lipinski definition) is 6. The van der Waals surface area contributed by atoms with Gasteiger partial charge in [0.1, 0.15) is 17.1 Å². The van der Waals surface area contributed by atoms with E-state index in [1.807, 2.05) is 30.3 Å². The van der Waals surface area contributed by atoms with E-state index < -0.39 is 0 Å². The maximum absolute atomic E-state index is 11.7. The minimum absolute atomic E-state index is 0.00997. The third-order valence-corrected chi connectivity index (χ3v) is 5.23. The van der Waals surface area contributed by atoms with Crippen molar-refractivity contribution in [2.45, 2.75) is 32.2 Å². The Kier molecular flexibility index (Phi) is 7.36. The molecule has 0 radical (unpaired) electrons. The minimum Gasteiger partial charge on any atom is -0.497 e. The van der Waals surface area contributed by atoms with Gasteiger partial charge in [-0.3, -0.25) is 0 Å². The number of rotatable bonds is 10. The Balaban J connectivity index is 1.87. The van der Waals surface area contributed by atoms with E-state index in [0.29, 0.717) is 5.56 Å². The van der Waals surface area contributed by atoms with E-state index in [-0.39, 0.29) is 12.0 Å². The predicted octanol–water partition coefficient (Wildman–Crippen LogP) is 5.51. The number of ether oxygens (including phenoxy) is 3. The van der Waals surface area contributed by atoms with Gasteiger partial charge in [-0.15, -0.1) is 0 Å². The highest BCUT2D eigenvalue weighted by Crippen LogP contribution is 2.35. The number of esters is 1. The molecule has 0 spiro atoms. The van der Waals surface area contributed by atoms with Crippen LogP contribution < -0.4 is 10.1 Å². The van der Waals surface area contributed by atoms with Crippen molar-refractivity contribution in [1.82, 2.24) is 0 Å². The molecule has 0 fully saturated rings. The summed E-state index contributed by atoms with van der Waals surface area (Å²) in [6.45, 7) is 2.81. The SMILES string of the molecule is COCCCCC(Nc1ccc(C(=O)OC)cc1)c1oc2ccc(OC)cc2c1C. The molecule has 0 amide bonds. The van der Waals surface area contributed by atoms with Crippen molar-refractivity contribution in [3.63, 3.8) is 0 Å². The van der Waals surface area contributed by atoms with Gasteiger partial charge in [0.2, 0.25) is 0 Å². The van der Waals surface area contributed by atoms with Crippen LogP contribution in [0.25, 0.3) is 11.0 Å². The fourth-order valence-corrected chi connectivity index (χ4v) is 3.56. The summed E-state index contributed by atoms with van der Waals surface area (Å²) in [5, 5.41) is 4.62. The lowest BCUT2D eigenvalue weighted by Gasteiger charge is -2.19. The normalized spacial score (nSPS) is 12.0. The number of anilines is 1. The molecule has 0 saturated carbocycles. The third kappa shape index (κ3) is 4.94. The van der Waals surface area contributed by atoms with Crippen molar-refractivity contribution >= 4 is 22.6 Å². The highest BCUT2D eigenvalue weighted by Gasteiger charge is 2.21. The number of nitrogens with one attached hydrogen (secondary N) is 1. The van der Waals surface area contributed by atoms with Gasteiger partial charge in [-0.1, -0.05) is 0 Å². The summed E-state index contributed by atoms with van der Waals surface area (Å²) < 4.78 is 21.6. The first-order valence-corrected chi connectivity index (χ1v) is 10.1. The molecule has 0 bridgehead atoms. The topological polar surface area (TPSA) is 69.9 Å². The fourth-order valence-electron chi connectivity index (χ4n) is 3.56. The molecule has 3 aromatic rings. The van der Waals surface area contributed by atoms with Crippen LogP contribution in [-0.4, -0.2) is 33.9 Å². The molecule has 0 aliphatic carbocycles. The summed E-state index contributed by atoms with van der Waals surface area (Å²) in [7, 11) is 4.76. The zero-order valence-electron chi connectivity index (χ0n) is 18.0. The quantitative estimate of drug-likeness (QED) is 0.351. The van der Waals surface area contributed by atoms with Crippen LogP contribution in [0.3, 0.4) is 0 Å². The number of carbonyl (C=O) groups is 1. The number of hydrogen-bond donors (Lipinski definition) is 1. The van der Waals surface area contributed by atoms with Crippen molar-refractivity contribution in [1.29, 1.82) is 0 Å². The molecule has 1 unspecified atom stereocenters. The highest BCUT2D eigenvalue weighted by molar-refractivity contribution is 5.89. The molecular formula is C24H29NO5. The van der Waals surface area contributed by atoms with E-state index in [2.05, 4.69) is 12.2 Å². The van der Waals surface area contributed by atoms with Crippen LogP contribution in [-0.2, 0) is 9.47 Å². The minimum atomic E-state index is -0.347. The van der Waals surface area contributed by atoms with Gasteiger partial charge in [-0.2, -0.15) is 0 Å². The lowest BCUT2D eigenvalue weighted by atomic mass is 10.0. The first-order valence-electron chi connectivity index (χ1n) is 10.1. The molecule has 3 rings (SSSR count). The van der Waals surface area contributed by atoms with E-state index in [1.165, 1.54) is 7.11 Å². The molecule has 6 nitrogen and oxygen atoms in total. The second-order valence-electron chi connectivity index (χ2n) is 7.21. The van der Waals surface area contributed by atoms with Gasteiger partial charge in [-0.25, -0.2) is 4.79 Å². The van der Waals surface area contributed by atoms with Crippen LogP contribution in [0.2, 0.25) is 0 Å². The van der Waals surface area contributed by atoms with Crippen LogP contribution in [0.15, 0.2) is 46.9 Å². The Hall–Kier alpha value is -2.99. The van der Waals surface area contributed by atoms with Crippen LogP contribution in [0.5, 0.6) is 5.75 Å². The fraction of sp³-hybridized carbons (Fsp3) is 0.375. The maximum atomic E-state index is 11.7. The van der Waals surface area contributed by atoms with Gasteiger partial charge < -0.3 is 23.9 Å². The molecule has 160 valence electrons. The number of carbonyl (C=O) groups excluding carboxylic acids is 1. The number of aryl methyl sites for hydroxylation is 1. The summed E-state index contributed by atoms with van der Waals surface area (Å²) in [6, 6.07) is 13.1. The van der Waals surface area contributed by atoms with Crippen LogP contribution in [0.1, 0.15) is 47.0 Å². The molecule has 0 aliphatic heterocycles. The zero-order chi connectivity index (χ0) is 21.5. The maximum Gasteiger partial charge on any atom is 0.337 e. The molecule has 0 saturated heterocycles. The van der Waals surface area contributed by atoms with Crippen molar-refractivity contribution in [2.75, 3.05) is 33.3 Å². The number of methoxy groups -OCH3 is 3. The molecular weight excluding hydrogens is 382 g/mol. The highest BCUT2D eigenvalue weighted by atomic mass is 16.5. The van der Waals surface area contributed by atoms with Crippen LogP contribution in [0, 0.1) is 6.92 Å². The Labute approximate surface area is 177 Å². The van der Waals surface area contributed by atoms with Crippen molar-refractivity contribution < 1.29 is 23.4 Å². The average Bonchev–Trinajstić information content (AvgIpc) is 3.11. The molecule has 6 heteroatoms. The molecule has 0 aliphatic rings. The summed E-state index contributed by atoms with van der Waals surface area (Å²) in [4.78, 5) is 11.7. The Morgan fingerprint density at radius 3 is 2.50 bits per heavy atom. The summed E-state index contributed by atoms with van der Waals surface area (Å²) >= 11 is 0. The Bertz CT molecular complexity index is 977. The van der Waals surface area contributed by atoms with Gasteiger partial charge >= 0.3 is 5.97 Å². The molecule has 1 heterocycles. The molecule has 30 heavy (non-hydrogen) atoms. The lowest BCUT2D eigenvalue weighted by molar-refractivity contribution is 0.0601. The molecule has 1 atom stereocenters. The second kappa shape index (κ2) is 10.2. The number of benzene rings is 2. The van der Waals surface area contributed by atoms with Gasteiger partial charge in [-0.05, 0) is 68.7 Å². The van der Waals surface area contributed by atoms with Gasteiger partial charge in [0.15, 0.2) is 0 Å². The largest absolute Gasteiger partial charge is 0.497 e. The van der Waals surface area contributed by atoms with E-state index in [4.69, 9.17) is 18.6 Å². The van der Waals surface area contributed by atoms with E-state index in [1.54, 1.807) is 26.4 Å². The monoisotopic (exact) mass is 411 g/mol. The summed E-state index contributed by atoms with van der Waals surface area (Å²) in [5.41, 5.74) is 3.37. The van der Waals surface area contributed by atoms with Gasteiger partial charge in [0.05, 0.1) is 25.8 Å². The van der Waals surface area contributed by atoms with Gasteiger partial charge in [0.25, 0.3) is 0 Å².